The van der Waals surface area contributed by atoms with Crippen molar-refractivity contribution in [3.63, 3.8) is 0 Å². The molecule has 0 saturated heterocycles. The van der Waals surface area contributed by atoms with E-state index in [0.29, 0.717) is 28.6 Å². The number of amides is 1. The number of hydrogen-bond donors (Lipinski definition) is 3. The van der Waals surface area contributed by atoms with E-state index in [1.807, 2.05) is 13.8 Å². The van der Waals surface area contributed by atoms with Crippen LogP contribution in [0.3, 0.4) is 0 Å². The van der Waals surface area contributed by atoms with E-state index < -0.39 is 6.10 Å². The van der Waals surface area contributed by atoms with Crippen LogP contribution in [-0.2, 0) is 0 Å². The second kappa shape index (κ2) is 6.61. The predicted octanol–water partition coefficient (Wildman–Crippen LogP) is 2.06. The Morgan fingerprint density at radius 1 is 1.50 bits per heavy atom. The molecule has 1 aromatic rings. The Morgan fingerprint density at radius 3 is 2.72 bits per heavy atom. The van der Waals surface area contributed by atoms with Gasteiger partial charge >= 0.3 is 0 Å². The van der Waals surface area contributed by atoms with Gasteiger partial charge in [-0.25, -0.2) is 0 Å². The van der Waals surface area contributed by atoms with Crippen LogP contribution < -0.4 is 11.1 Å². The number of benzene rings is 1. The Balaban J connectivity index is 2.55. The van der Waals surface area contributed by atoms with Gasteiger partial charge in [0.2, 0.25) is 0 Å². The maximum absolute atomic E-state index is 11.8. The average molecular weight is 271 g/mol. The molecule has 0 saturated carbocycles. The lowest BCUT2D eigenvalue weighted by molar-refractivity contribution is 0.0901. The van der Waals surface area contributed by atoms with Gasteiger partial charge in [0.15, 0.2) is 0 Å². The number of aliphatic hydroxyl groups is 1. The van der Waals surface area contributed by atoms with E-state index >= 15 is 0 Å². The lowest BCUT2D eigenvalue weighted by Crippen LogP contribution is -2.33. The third kappa shape index (κ3) is 4.55. The monoisotopic (exact) mass is 270 g/mol. The van der Waals surface area contributed by atoms with Crippen molar-refractivity contribution < 1.29 is 9.90 Å². The van der Waals surface area contributed by atoms with Gasteiger partial charge in [0.25, 0.3) is 5.91 Å². The van der Waals surface area contributed by atoms with E-state index in [0.717, 1.165) is 0 Å². The average Bonchev–Trinajstić information content (AvgIpc) is 2.25. The molecule has 0 heterocycles. The summed E-state index contributed by atoms with van der Waals surface area (Å²) in [6, 6.07) is 4.71. The van der Waals surface area contributed by atoms with Crippen LogP contribution in [0.4, 0.5) is 5.69 Å². The zero-order chi connectivity index (χ0) is 13.7. The van der Waals surface area contributed by atoms with Crippen LogP contribution >= 0.6 is 11.6 Å². The highest BCUT2D eigenvalue weighted by atomic mass is 35.5. The first-order chi connectivity index (χ1) is 8.40. The summed E-state index contributed by atoms with van der Waals surface area (Å²) in [6.45, 7) is 4.25. The maximum atomic E-state index is 11.8. The second-order valence-corrected chi connectivity index (χ2v) is 5.16. The zero-order valence-corrected chi connectivity index (χ0v) is 11.4. The van der Waals surface area contributed by atoms with Crippen LogP contribution in [0.1, 0.15) is 30.6 Å². The summed E-state index contributed by atoms with van der Waals surface area (Å²) < 4.78 is 0. The van der Waals surface area contributed by atoms with Crippen molar-refractivity contribution >= 4 is 23.2 Å². The highest BCUT2D eigenvalue weighted by molar-refractivity contribution is 6.31. The molecule has 0 fully saturated rings. The molecule has 100 valence electrons. The number of nitrogens with one attached hydrogen (secondary N) is 1. The van der Waals surface area contributed by atoms with Crippen LogP contribution in [0.5, 0.6) is 0 Å². The molecule has 5 heteroatoms. The first-order valence-electron chi connectivity index (χ1n) is 5.91. The number of aliphatic hydroxyl groups excluding tert-OH is 1. The van der Waals surface area contributed by atoms with Crippen molar-refractivity contribution in [2.45, 2.75) is 26.4 Å². The summed E-state index contributed by atoms with van der Waals surface area (Å²) in [6.07, 6.45) is 0.110. The minimum absolute atomic E-state index is 0.221. The first-order valence-corrected chi connectivity index (χ1v) is 6.29. The Bertz CT molecular complexity index is 421. The molecule has 0 aliphatic rings. The van der Waals surface area contributed by atoms with Gasteiger partial charge in [-0.3, -0.25) is 4.79 Å². The molecule has 4 nitrogen and oxygen atoms in total. The number of nitrogen functional groups attached to an aromatic ring is 1. The molecule has 1 rings (SSSR count). The van der Waals surface area contributed by atoms with Gasteiger partial charge in [0.05, 0.1) is 11.7 Å². The molecule has 0 aliphatic heterocycles. The Morgan fingerprint density at radius 2 is 2.17 bits per heavy atom. The normalized spacial score (nSPS) is 12.5. The number of rotatable bonds is 5. The van der Waals surface area contributed by atoms with Gasteiger partial charge in [-0.15, -0.1) is 0 Å². The molecule has 1 aromatic carbocycles. The summed E-state index contributed by atoms with van der Waals surface area (Å²) in [5.74, 6) is 0.0875. The summed E-state index contributed by atoms with van der Waals surface area (Å²) in [4.78, 5) is 11.8. The van der Waals surface area contributed by atoms with Gasteiger partial charge in [0.1, 0.15) is 0 Å². The van der Waals surface area contributed by atoms with Crippen LogP contribution in [0.15, 0.2) is 18.2 Å². The molecule has 4 N–H and O–H groups in total. The Hall–Kier alpha value is -1.26. The number of halogens is 1. The van der Waals surface area contributed by atoms with Gasteiger partial charge in [-0.2, -0.15) is 0 Å². The zero-order valence-electron chi connectivity index (χ0n) is 10.6. The number of nitrogens with two attached hydrogens (primary N) is 1. The van der Waals surface area contributed by atoms with Gasteiger partial charge in [0, 0.05) is 17.3 Å². The number of hydrogen-bond acceptors (Lipinski definition) is 3. The van der Waals surface area contributed by atoms with E-state index in [-0.39, 0.29) is 12.5 Å². The summed E-state index contributed by atoms with van der Waals surface area (Å²) in [5, 5.41) is 12.8. The summed E-state index contributed by atoms with van der Waals surface area (Å²) >= 11 is 5.75. The third-order valence-corrected chi connectivity index (χ3v) is 2.74. The molecule has 0 bridgehead atoms. The molecule has 1 unspecified atom stereocenters. The fourth-order valence-electron chi connectivity index (χ4n) is 1.67. The van der Waals surface area contributed by atoms with E-state index in [2.05, 4.69) is 5.32 Å². The molecule has 0 aliphatic carbocycles. The van der Waals surface area contributed by atoms with E-state index in [1.165, 1.54) is 6.07 Å². The highest BCUT2D eigenvalue weighted by Gasteiger charge is 2.12. The smallest absolute Gasteiger partial charge is 0.253 e. The fraction of sp³-hybridized carbons (Fsp3) is 0.462. The van der Waals surface area contributed by atoms with E-state index in [9.17, 15) is 9.90 Å². The minimum atomic E-state index is -0.539. The van der Waals surface area contributed by atoms with Crippen LogP contribution in [0.25, 0.3) is 0 Å². The lowest BCUT2D eigenvalue weighted by atomic mass is 10.1. The topological polar surface area (TPSA) is 75.3 Å². The van der Waals surface area contributed by atoms with Gasteiger partial charge < -0.3 is 16.2 Å². The van der Waals surface area contributed by atoms with Crippen LogP contribution in [-0.4, -0.2) is 23.7 Å². The molecule has 1 amide bonds. The summed E-state index contributed by atoms with van der Waals surface area (Å²) in [5.41, 5.74) is 6.40. The molecule has 0 aromatic heterocycles. The van der Waals surface area contributed by atoms with Gasteiger partial charge in [-0.05, 0) is 30.5 Å². The van der Waals surface area contributed by atoms with Crippen LogP contribution in [0, 0.1) is 5.92 Å². The SMILES string of the molecule is CC(C)CC(O)CNC(=O)c1ccc(Cl)cc1N. The Labute approximate surface area is 112 Å². The van der Waals surface area contributed by atoms with E-state index in [1.54, 1.807) is 12.1 Å². The first kappa shape index (κ1) is 14.8. The molecule has 0 spiro atoms. The van der Waals surface area contributed by atoms with Crippen molar-refractivity contribution in [3.8, 4) is 0 Å². The van der Waals surface area contributed by atoms with Crippen molar-refractivity contribution in [2.24, 2.45) is 5.92 Å². The number of carbonyl (C=O) groups is 1. The van der Waals surface area contributed by atoms with Crippen molar-refractivity contribution in [1.82, 2.24) is 5.32 Å². The van der Waals surface area contributed by atoms with Crippen molar-refractivity contribution in [2.75, 3.05) is 12.3 Å². The molecular weight excluding hydrogens is 252 g/mol. The second-order valence-electron chi connectivity index (χ2n) is 4.72. The van der Waals surface area contributed by atoms with Crippen LogP contribution in [0.2, 0.25) is 5.02 Å². The fourth-order valence-corrected chi connectivity index (χ4v) is 1.85. The molecule has 18 heavy (non-hydrogen) atoms. The summed E-state index contributed by atoms with van der Waals surface area (Å²) in [7, 11) is 0. The van der Waals surface area contributed by atoms with Gasteiger partial charge in [-0.1, -0.05) is 25.4 Å². The maximum Gasteiger partial charge on any atom is 0.253 e. The molecular formula is C13H19ClN2O2. The van der Waals surface area contributed by atoms with Crippen molar-refractivity contribution in [3.05, 3.63) is 28.8 Å². The standard InChI is InChI=1S/C13H19ClN2O2/c1-8(2)5-10(17)7-16-13(18)11-4-3-9(14)6-12(11)15/h3-4,6,8,10,17H,5,7,15H2,1-2H3,(H,16,18). The lowest BCUT2D eigenvalue weighted by Gasteiger charge is -2.14. The number of anilines is 1. The third-order valence-electron chi connectivity index (χ3n) is 2.50. The molecule has 1 atom stereocenters. The van der Waals surface area contributed by atoms with Crippen molar-refractivity contribution in [1.29, 1.82) is 0 Å². The number of carbonyl (C=O) groups excluding carboxylic acids is 1. The minimum Gasteiger partial charge on any atom is -0.398 e. The quantitative estimate of drug-likeness (QED) is 0.717. The predicted molar refractivity (Wildman–Crippen MR) is 73.7 cm³/mol. The highest BCUT2D eigenvalue weighted by Crippen LogP contribution is 2.17. The molecule has 0 radical (unpaired) electrons. The largest absolute Gasteiger partial charge is 0.398 e. The van der Waals surface area contributed by atoms with E-state index in [4.69, 9.17) is 17.3 Å². The Kier molecular flexibility index (Phi) is 5.44.